The second-order valence-corrected chi connectivity index (χ2v) is 15.7. The zero-order chi connectivity index (χ0) is 41.4. The summed E-state index contributed by atoms with van der Waals surface area (Å²) in [6, 6.07) is 0. The number of rotatable bonds is 35. The molecule has 0 N–H and O–H groups in total. The van der Waals surface area contributed by atoms with Crippen molar-refractivity contribution in [3.63, 3.8) is 0 Å². The number of hydrogen-bond acceptors (Lipinski definition) is 8. The molecule has 0 aromatic heterocycles. The van der Waals surface area contributed by atoms with Crippen LogP contribution in [0.3, 0.4) is 0 Å². The fourth-order valence-electron chi connectivity index (χ4n) is 4.70. The second-order valence-electron chi connectivity index (χ2n) is 14.3. The molecule has 10 heteroatoms. The van der Waals surface area contributed by atoms with Crippen molar-refractivity contribution in [2.45, 2.75) is 123 Å². The minimum atomic E-state index is -4.65. The molecule has 56 heavy (non-hydrogen) atoms. The maximum absolute atomic E-state index is 12.6. The summed E-state index contributed by atoms with van der Waals surface area (Å²) in [4.78, 5) is 37.4. The number of phosphoric acid groups is 1. The van der Waals surface area contributed by atoms with Crippen molar-refractivity contribution in [1.29, 1.82) is 0 Å². The summed E-state index contributed by atoms with van der Waals surface area (Å²) in [5, 5.41) is 0. The molecule has 0 radical (unpaired) electrons. The molecule has 0 aliphatic rings. The number of carbonyl (C=O) groups excluding carboxylic acids is 2. The summed E-state index contributed by atoms with van der Waals surface area (Å²) in [5.74, 6) is -0.945. The number of likely N-dealkylation sites (N-methyl/N-ethyl adjacent to an activating group) is 1. The van der Waals surface area contributed by atoms with E-state index in [0.717, 1.165) is 77.0 Å². The van der Waals surface area contributed by atoms with Crippen LogP contribution in [0.25, 0.3) is 0 Å². The minimum absolute atomic E-state index is 0.0518. The monoisotopic (exact) mass is 800 g/mol. The van der Waals surface area contributed by atoms with Gasteiger partial charge in [-0.1, -0.05) is 142 Å². The molecule has 0 fully saturated rings. The van der Waals surface area contributed by atoms with Gasteiger partial charge in [0.05, 0.1) is 27.7 Å². The lowest BCUT2D eigenvalue weighted by atomic mass is 10.1. The lowest BCUT2D eigenvalue weighted by Crippen LogP contribution is -2.37. The van der Waals surface area contributed by atoms with Gasteiger partial charge in [-0.2, -0.15) is 0 Å². The van der Waals surface area contributed by atoms with Gasteiger partial charge in [0.25, 0.3) is 7.82 Å². The number of unbranched alkanes of at least 4 members (excludes halogenated alkanes) is 6. The van der Waals surface area contributed by atoms with Gasteiger partial charge in [-0.15, -0.1) is 0 Å². The van der Waals surface area contributed by atoms with Crippen molar-refractivity contribution < 1.29 is 42.1 Å². The fraction of sp³-hybridized carbons (Fsp3) is 0.565. The lowest BCUT2D eigenvalue weighted by Gasteiger charge is -2.28. The predicted molar refractivity (Wildman–Crippen MR) is 231 cm³/mol. The van der Waals surface area contributed by atoms with E-state index in [1.165, 1.54) is 0 Å². The number of nitrogens with zero attached hydrogens (tertiary/aromatic N) is 1. The highest BCUT2D eigenvalue weighted by atomic mass is 31.2. The summed E-state index contributed by atoms with van der Waals surface area (Å²) in [5.41, 5.74) is 0. The maximum atomic E-state index is 12.6. The molecule has 0 aliphatic carbocycles. The van der Waals surface area contributed by atoms with Crippen molar-refractivity contribution in [3.8, 4) is 0 Å². The Balaban J connectivity index is 4.56. The highest BCUT2D eigenvalue weighted by Crippen LogP contribution is 2.38. The minimum Gasteiger partial charge on any atom is -0.756 e. The third-order valence-electron chi connectivity index (χ3n) is 7.88. The third kappa shape index (κ3) is 40.3. The molecule has 0 aliphatic heterocycles. The van der Waals surface area contributed by atoms with E-state index in [4.69, 9.17) is 18.5 Å². The van der Waals surface area contributed by atoms with E-state index in [1.54, 1.807) is 0 Å². The van der Waals surface area contributed by atoms with Gasteiger partial charge in [-0.25, -0.2) is 0 Å². The SMILES string of the molecule is CC/C=C/C=C/C=C/C=C/CCCCCCCC(=O)O[C@H](COC(=O)CCC/C=C/C/C=C/C/C=C/C/C=C/C/C=C/CC)COP(=O)([O-])OCC[N+](C)(C)C. The average Bonchev–Trinajstić information content (AvgIpc) is 3.15. The molecule has 9 nitrogen and oxygen atoms in total. The molecule has 0 spiro atoms. The van der Waals surface area contributed by atoms with Gasteiger partial charge >= 0.3 is 11.9 Å². The topological polar surface area (TPSA) is 111 Å². The summed E-state index contributed by atoms with van der Waals surface area (Å²) in [6.45, 7) is 3.83. The molecule has 0 amide bonds. The van der Waals surface area contributed by atoms with Crippen molar-refractivity contribution in [1.82, 2.24) is 0 Å². The molecular weight excluding hydrogens is 725 g/mol. The van der Waals surface area contributed by atoms with E-state index in [9.17, 15) is 19.0 Å². The Morgan fingerprint density at radius 3 is 1.68 bits per heavy atom. The van der Waals surface area contributed by atoms with Crippen LogP contribution in [0.15, 0.2) is 109 Å². The van der Waals surface area contributed by atoms with Crippen molar-refractivity contribution in [2.75, 3.05) is 47.5 Å². The van der Waals surface area contributed by atoms with Crippen LogP contribution in [0.5, 0.6) is 0 Å². The molecule has 0 saturated carbocycles. The molecular formula is C46H74NO8P. The summed E-state index contributed by atoms with van der Waals surface area (Å²) >= 11 is 0. The van der Waals surface area contributed by atoms with E-state index in [-0.39, 0.29) is 26.1 Å². The molecule has 0 bridgehead atoms. The van der Waals surface area contributed by atoms with Crippen LogP contribution in [-0.4, -0.2) is 70.0 Å². The van der Waals surface area contributed by atoms with Crippen LogP contribution in [0, 0.1) is 0 Å². The molecule has 0 heterocycles. The van der Waals surface area contributed by atoms with E-state index in [2.05, 4.69) is 86.8 Å². The summed E-state index contributed by atoms with van der Waals surface area (Å²) in [6.07, 6.45) is 49.8. The van der Waals surface area contributed by atoms with Gasteiger partial charge in [0.2, 0.25) is 0 Å². The van der Waals surface area contributed by atoms with E-state index >= 15 is 0 Å². The van der Waals surface area contributed by atoms with Crippen molar-refractivity contribution in [3.05, 3.63) is 109 Å². The van der Waals surface area contributed by atoms with E-state index in [0.29, 0.717) is 23.9 Å². The van der Waals surface area contributed by atoms with Crippen LogP contribution in [0.2, 0.25) is 0 Å². The number of phosphoric ester groups is 1. The smallest absolute Gasteiger partial charge is 0.306 e. The number of quaternary nitrogens is 1. The molecule has 0 aromatic carbocycles. The van der Waals surface area contributed by atoms with Crippen LogP contribution in [0.1, 0.15) is 117 Å². The number of allylic oxidation sites excluding steroid dienone is 18. The predicted octanol–water partition coefficient (Wildman–Crippen LogP) is 10.9. The number of ether oxygens (including phenoxy) is 2. The van der Waals surface area contributed by atoms with Gasteiger partial charge in [-0.05, 0) is 70.6 Å². The van der Waals surface area contributed by atoms with E-state index in [1.807, 2.05) is 57.6 Å². The Morgan fingerprint density at radius 2 is 1.07 bits per heavy atom. The highest BCUT2D eigenvalue weighted by molar-refractivity contribution is 7.45. The van der Waals surface area contributed by atoms with Crippen LogP contribution in [-0.2, 0) is 32.7 Å². The zero-order valence-corrected chi connectivity index (χ0v) is 36.2. The van der Waals surface area contributed by atoms with Gasteiger partial charge in [0, 0.05) is 12.8 Å². The first kappa shape index (κ1) is 52.7. The Morgan fingerprint density at radius 1 is 0.571 bits per heavy atom. The van der Waals surface area contributed by atoms with Gasteiger partial charge in [0.1, 0.15) is 19.8 Å². The largest absolute Gasteiger partial charge is 0.756 e. The van der Waals surface area contributed by atoms with Crippen LogP contribution >= 0.6 is 7.82 Å². The van der Waals surface area contributed by atoms with Crippen LogP contribution in [0.4, 0.5) is 0 Å². The van der Waals surface area contributed by atoms with Gasteiger partial charge in [-0.3, -0.25) is 14.2 Å². The van der Waals surface area contributed by atoms with Gasteiger partial charge in [0.15, 0.2) is 6.10 Å². The van der Waals surface area contributed by atoms with Gasteiger partial charge < -0.3 is 27.9 Å². The first-order valence-corrected chi connectivity index (χ1v) is 22.1. The fourth-order valence-corrected chi connectivity index (χ4v) is 5.43. The zero-order valence-electron chi connectivity index (χ0n) is 35.3. The molecule has 2 atom stereocenters. The normalized spacial score (nSPS) is 14.8. The van der Waals surface area contributed by atoms with Crippen molar-refractivity contribution >= 4 is 19.8 Å². The number of carbonyl (C=O) groups is 2. The molecule has 0 aromatic rings. The quantitative estimate of drug-likeness (QED) is 0.0156. The lowest BCUT2D eigenvalue weighted by molar-refractivity contribution is -0.870. The van der Waals surface area contributed by atoms with E-state index < -0.39 is 32.5 Å². The Labute approximate surface area is 340 Å². The molecule has 316 valence electrons. The van der Waals surface area contributed by atoms with Crippen LogP contribution < -0.4 is 4.89 Å². The second kappa shape index (κ2) is 37.3. The van der Waals surface area contributed by atoms with Crippen molar-refractivity contribution in [2.24, 2.45) is 0 Å². The first-order valence-electron chi connectivity index (χ1n) is 20.6. The first-order chi connectivity index (χ1) is 27.0. The Kier molecular flexibility index (Phi) is 35.0. The number of hydrogen-bond donors (Lipinski definition) is 0. The standard InChI is InChI=1S/C46H74NO8P/c1-6-8-10-12-14-16-18-20-22-23-25-26-28-30-32-34-36-38-45(48)52-42-44(43-54-56(50,51)53-41-40-47(3,4)5)55-46(49)39-37-35-33-31-29-27-24-21-19-17-15-13-11-9-7-2/h8-11,13-17,19-22,24-26,30,32,44H,6-7,12,18,23,27-29,31,33-43H2,1-5H3/b10-8+,11-9+,15-13+,16-14+,19-17+,22-20+,24-21+,26-25+,32-30+/t44-/m1/s1. The maximum Gasteiger partial charge on any atom is 0.306 e. The summed E-state index contributed by atoms with van der Waals surface area (Å²) < 4.78 is 33.7. The average molecular weight is 800 g/mol. The Hall–Kier alpha value is -3.33. The highest BCUT2D eigenvalue weighted by Gasteiger charge is 2.21. The number of esters is 2. The third-order valence-corrected chi connectivity index (χ3v) is 8.85. The molecule has 0 saturated heterocycles. The summed E-state index contributed by atoms with van der Waals surface area (Å²) in [7, 11) is 1.09. The Bertz CT molecular complexity index is 1320. The molecule has 1 unspecified atom stereocenters. The molecule has 0 rings (SSSR count).